The first-order valence-electron chi connectivity index (χ1n) is 9.03. The molecule has 0 atom stereocenters. The molecule has 0 amide bonds. The number of nitrogens with two attached hydrogens (primary N) is 2. The number of sulfonamides is 1. The Hall–Kier alpha value is -3.48. The number of benzene rings is 2. The number of hydrogen-bond acceptors (Lipinski definition) is 10. The Labute approximate surface area is 188 Å². The van der Waals surface area contributed by atoms with Crippen molar-refractivity contribution in [3.8, 4) is 5.75 Å². The molecule has 0 fully saturated rings. The smallest absolute Gasteiger partial charge is 0.338 e. The zero-order chi connectivity index (χ0) is 23.3. The lowest BCUT2D eigenvalue weighted by Crippen LogP contribution is -2.24. The fraction of sp³-hybridized carbons (Fsp3) is 0.158. The van der Waals surface area contributed by atoms with E-state index in [9.17, 15) is 13.2 Å². The summed E-state index contributed by atoms with van der Waals surface area (Å²) in [6.45, 7) is -0.321. The molecule has 0 saturated heterocycles. The Morgan fingerprint density at radius 3 is 2.34 bits per heavy atom. The summed E-state index contributed by atoms with van der Waals surface area (Å²) in [5.74, 6) is -0.932. The molecule has 0 saturated carbocycles. The summed E-state index contributed by atoms with van der Waals surface area (Å²) < 4.78 is 38.5. The minimum absolute atomic E-state index is 0.0134. The predicted molar refractivity (Wildman–Crippen MR) is 116 cm³/mol. The molecule has 0 aliphatic heterocycles. The summed E-state index contributed by atoms with van der Waals surface area (Å²) in [7, 11) is -2.71. The van der Waals surface area contributed by atoms with Crippen molar-refractivity contribution in [1.82, 2.24) is 19.7 Å². The number of aromatic nitrogens is 3. The molecule has 168 valence electrons. The molecule has 0 unspecified atom stereocenters. The largest absolute Gasteiger partial charge is 0.495 e. The van der Waals surface area contributed by atoms with Gasteiger partial charge in [-0.05, 0) is 35.9 Å². The summed E-state index contributed by atoms with van der Waals surface area (Å²) in [4.78, 5) is 23.5. The second-order valence-corrected chi connectivity index (χ2v) is 8.53. The molecule has 0 aliphatic carbocycles. The van der Waals surface area contributed by atoms with E-state index in [0.29, 0.717) is 10.6 Å². The van der Waals surface area contributed by atoms with Crippen LogP contribution < -0.4 is 20.9 Å². The number of methoxy groups -OCH3 is 1. The molecule has 5 N–H and O–H groups in total. The van der Waals surface area contributed by atoms with E-state index in [2.05, 4.69) is 19.7 Å². The van der Waals surface area contributed by atoms with Gasteiger partial charge in [-0.15, -0.1) is 0 Å². The summed E-state index contributed by atoms with van der Waals surface area (Å²) in [5, 5.41) is 0.534. The van der Waals surface area contributed by atoms with Crippen molar-refractivity contribution in [1.29, 1.82) is 0 Å². The van der Waals surface area contributed by atoms with Crippen LogP contribution in [-0.2, 0) is 27.9 Å². The van der Waals surface area contributed by atoms with Crippen LogP contribution in [0, 0.1) is 0 Å². The molecule has 0 spiro atoms. The van der Waals surface area contributed by atoms with Crippen molar-refractivity contribution in [2.45, 2.75) is 18.0 Å². The van der Waals surface area contributed by atoms with E-state index in [0.717, 1.165) is 6.07 Å². The number of nitrogens with one attached hydrogen (secondary N) is 1. The number of halogens is 1. The predicted octanol–water partition coefficient (Wildman–Crippen LogP) is 1.53. The maximum atomic E-state index is 12.9. The van der Waals surface area contributed by atoms with E-state index in [-0.39, 0.29) is 47.1 Å². The third kappa shape index (κ3) is 5.81. The zero-order valence-corrected chi connectivity index (χ0v) is 18.4. The van der Waals surface area contributed by atoms with Crippen molar-refractivity contribution in [2.24, 2.45) is 0 Å². The number of nitrogens with zero attached hydrogens (tertiary/aromatic N) is 3. The van der Waals surface area contributed by atoms with Crippen molar-refractivity contribution >= 4 is 39.5 Å². The molecular formula is C19H19ClN6O5S. The Balaban J connectivity index is 1.77. The Morgan fingerprint density at radius 1 is 1.06 bits per heavy atom. The second kappa shape index (κ2) is 9.77. The average Bonchev–Trinajstić information content (AvgIpc) is 2.76. The fourth-order valence-electron chi connectivity index (χ4n) is 2.61. The van der Waals surface area contributed by atoms with Crippen molar-refractivity contribution in [3.63, 3.8) is 0 Å². The number of carbonyl (C=O) groups excluding carboxylic acids is 1. The van der Waals surface area contributed by atoms with Crippen molar-refractivity contribution in [3.05, 3.63) is 64.4 Å². The highest BCUT2D eigenvalue weighted by Gasteiger charge is 2.22. The normalized spacial score (nSPS) is 11.2. The van der Waals surface area contributed by atoms with Gasteiger partial charge in [0, 0.05) is 11.6 Å². The van der Waals surface area contributed by atoms with Crippen LogP contribution in [0.2, 0.25) is 5.02 Å². The highest BCUT2D eigenvalue weighted by molar-refractivity contribution is 7.89. The molecule has 0 radical (unpaired) electrons. The number of anilines is 2. The van der Waals surface area contributed by atoms with Gasteiger partial charge in [-0.1, -0.05) is 23.7 Å². The van der Waals surface area contributed by atoms with Gasteiger partial charge in [0.2, 0.25) is 21.9 Å². The van der Waals surface area contributed by atoms with Crippen LogP contribution in [0.25, 0.3) is 0 Å². The first-order valence-corrected chi connectivity index (χ1v) is 10.9. The maximum Gasteiger partial charge on any atom is 0.338 e. The number of rotatable bonds is 8. The van der Waals surface area contributed by atoms with Gasteiger partial charge in [0.1, 0.15) is 10.6 Å². The third-order valence-electron chi connectivity index (χ3n) is 4.12. The minimum atomic E-state index is -4.03. The Kier molecular flexibility index (Phi) is 7.08. The van der Waals surface area contributed by atoms with Crippen LogP contribution in [0.15, 0.2) is 47.4 Å². The molecular weight excluding hydrogens is 460 g/mol. The van der Waals surface area contributed by atoms with Gasteiger partial charge in [-0.25, -0.2) is 17.9 Å². The number of nitrogen functional groups attached to an aromatic ring is 2. The van der Waals surface area contributed by atoms with Crippen LogP contribution in [0.4, 0.5) is 11.9 Å². The van der Waals surface area contributed by atoms with Gasteiger partial charge in [-0.2, -0.15) is 15.0 Å². The maximum absolute atomic E-state index is 12.9. The molecule has 1 heterocycles. The summed E-state index contributed by atoms with van der Waals surface area (Å²) >= 11 is 5.84. The highest BCUT2D eigenvalue weighted by atomic mass is 35.5. The quantitative estimate of drug-likeness (QED) is 0.403. The molecule has 2 aromatic carbocycles. The van der Waals surface area contributed by atoms with Crippen LogP contribution in [0.3, 0.4) is 0 Å². The monoisotopic (exact) mass is 478 g/mol. The van der Waals surface area contributed by atoms with Crippen LogP contribution in [0.1, 0.15) is 21.7 Å². The van der Waals surface area contributed by atoms with E-state index in [1.807, 2.05) is 0 Å². The highest BCUT2D eigenvalue weighted by Crippen LogP contribution is 2.25. The molecule has 13 heteroatoms. The summed E-state index contributed by atoms with van der Waals surface area (Å²) in [5.41, 5.74) is 11.6. The first kappa shape index (κ1) is 23.2. The fourth-order valence-corrected chi connectivity index (χ4v) is 3.94. The first-order chi connectivity index (χ1) is 15.2. The molecule has 11 nitrogen and oxygen atoms in total. The van der Waals surface area contributed by atoms with Gasteiger partial charge < -0.3 is 20.9 Å². The van der Waals surface area contributed by atoms with Crippen LogP contribution in [0.5, 0.6) is 5.75 Å². The second-order valence-electron chi connectivity index (χ2n) is 6.36. The van der Waals surface area contributed by atoms with Crippen LogP contribution in [-0.4, -0.2) is 36.4 Å². The standard InChI is InChI=1S/C19H19ClN6O5S/c1-30-14-7-4-12(17(27)31-10-16-24-18(21)26-19(22)25-16)8-15(14)32(28,29)23-9-11-2-5-13(20)6-3-11/h2-8,23H,9-10H2,1H3,(H4,21,22,24,25,26). The van der Waals surface area contributed by atoms with E-state index in [1.54, 1.807) is 24.3 Å². The molecule has 0 aliphatic rings. The number of hydrogen-bond donors (Lipinski definition) is 3. The minimum Gasteiger partial charge on any atom is -0.495 e. The number of ether oxygens (including phenoxy) is 2. The molecule has 32 heavy (non-hydrogen) atoms. The molecule has 3 rings (SSSR count). The van der Waals surface area contributed by atoms with Crippen LogP contribution >= 0.6 is 11.6 Å². The van der Waals surface area contributed by atoms with E-state index in [4.69, 9.17) is 32.5 Å². The lowest BCUT2D eigenvalue weighted by Gasteiger charge is -2.12. The van der Waals surface area contributed by atoms with Gasteiger partial charge in [-0.3, -0.25) is 0 Å². The lowest BCUT2D eigenvalue weighted by molar-refractivity contribution is 0.0462. The molecule has 3 aromatic rings. The Morgan fingerprint density at radius 2 is 1.72 bits per heavy atom. The van der Waals surface area contributed by atoms with Crippen molar-refractivity contribution in [2.75, 3.05) is 18.6 Å². The van der Waals surface area contributed by atoms with Gasteiger partial charge in [0.25, 0.3) is 0 Å². The lowest BCUT2D eigenvalue weighted by atomic mass is 10.2. The van der Waals surface area contributed by atoms with Gasteiger partial charge in [0.05, 0.1) is 12.7 Å². The van der Waals surface area contributed by atoms with Gasteiger partial charge in [0.15, 0.2) is 12.4 Å². The topological polar surface area (TPSA) is 172 Å². The van der Waals surface area contributed by atoms with Crippen molar-refractivity contribution < 1.29 is 22.7 Å². The average molecular weight is 479 g/mol. The number of carbonyl (C=O) groups is 1. The van der Waals surface area contributed by atoms with E-state index >= 15 is 0 Å². The summed E-state index contributed by atoms with van der Waals surface area (Å²) in [6, 6.07) is 10.6. The third-order valence-corrected chi connectivity index (χ3v) is 5.79. The molecule has 1 aromatic heterocycles. The SMILES string of the molecule is COc1ccc(C(=O)OCc2nc(N)nc(N)n2)cc1S(=O)(=O)NCc1ccc(Cl)cc1. The van der Waals surface area contributed by atoms with E-state index < -0.39 is 16.0 Å². The summed E-state index contributed by atoms with van der Waals surface area (Å²) in [6.07, 6.45) is 0. The van der Waals surface area contributed by atoms with Gasteiger partial charge >= 0.3 is 5.97 Å². The Bertz CT molecular complexity index is 1220. The zero-order valence-electron chi connectivity index (χ0n) is 16.8. The number of esters is 1. The molecule has 0 bridgehead atoms. The van der Waals surface area contributed by atoms with E-state index in [1.165, 1.54) is 19.2 Å².